The molecule has 0 amide bonds. The first-order valence-electron chi connectivity index (χ1n) is 7.38. The number of nitrogens with zero attached hydrogens (tertiary/aromatic N) is 1. The lowest BCUT2D eigenvalue weighted by Crippen LogP contribution is -2.39. The standard InChI is InChI=1S/C16H33N/c1-6-8-9-10-11-12-13-15-16(3,14-7-2)17(4)5/h7,14H,6,8-13,15H2,1-5H3. The van der Waals surface area contributed by atoms with Crippen LogP contribution in [-0.2, 0) is 0 Å². The Balaban J connectivity index is 3.70. The molecule has 0 aliphatic heterocycles. The average molecular weight is 239 g/mol. The molecule has 102 valence electrons. The highest BCUT2D eigenvalue weighted by Gasteiger charge is 2.22. The molecule has 0 N–H and O–H groups in total. The van der Waals surface area contributed by atoms with Crippen LogP contribution in [0.15, 0.2) is 12.2 Å². The highest BCUT2D eigenvalue weighted by atomic mass is 15.1. The molecule has 0 aromatic heterocycles. The Labute approximate surface area is 109 Å². The Morgan fingerprint density at radius 3 is 1.94 bits per heavy atom. The van der Waals surface area contributed by atoms with Gasteiger partial charge >= 0.3 is 0 Å². The van der Waals surface area contributed by atoms with Gasteiger partial charge in [-0.05, 0) is 34.4 Å². The summed E-state index contributed by atoms with van der Waals surface area (Å²) in [4.78, 5) is 2.34. The van der Waals surface area contributed by atoms with Crippen LogP contribution >= 0.6 is 0 Å². The van der Waals surface area contributed by atoms with Crippen molar-refractivity contribution < 1.29 is 0 Å². The largest absolute Gasteiger partial charge is 0.301 e. The summed E-state index contributed by atoms with van der Waals surface area (Å²) in [5.74, 6) is 0. The van der Waals surface area contributed by atoms with Crippen LogP contribution in [0.5, 0.6) is 0 Å². The summed E-state index contributed by atoms with van der Waals surface area (Å²) in [5, 5.41) is 0. The molecule has 0 aromatic carbocycles. The molecule has 0 saturated carbocycles. The van der Waals surface area contributed by atoms with Gasteiger partial charge in [-0.15, -0.1) is 0 Å². The Bertz CT molecular complexity index is 196. The molecule has 0 aliphatic carbocycles. The van der Waals surface area contributed by atoms with Crippen LogP contribution < -0.4 is 0 Å². The summed E-state index contributed by atoms with van der Waals surface area (Å²) in [6.07, 6.45) is 15.6. The van der Waals surface area contributed by atoms with E-state index in [9.17, 15) is 0 Å². The fourth-order valence-electron chi connectivity index (χ4n) is 2.26. The van der Waals surface area contributed by atoms with Gasteiger partial charge < -0.3 is 4.90 Å². The van der Waals surface area contributed by atoms with Crippen LogP contribution in [0.1, 0.15) is 72.1 Å². The third-order valence-corrected chi connectivity index (χ3v) is 3.83. The minimum Gasteiger partial charge on any atom is -0.301 e. The summed E-state index contributed by atoms with van der Waals surface area (Å²) < 4.78 is 0. The zero-order chi connectivity index (χ0) is 13.1. The van der Waals surface area contributed by atoms with Gasteiger partial charge in [-0.3, -0.25) is 0 Å². The van der Waals surface area contributed by atoms with Crippen molar-refractivity contribution in [1.82, 2.24) is 4.90 Å². The topological polar surface area (TPSA) is 3.24 Å². The number of hydrogen-bond acceptors (Lipinski definition) is 1. The van der Waals surface area contributed by atoms with Crippen molar-refractivity contribution >= 4 is 0 Å². The Kier molecular flexibility index (Phi) is 9.53. The van der Waals surface area contributed by atoms with E-state index < -0.39 is 0 Å². The first-order chi connectivity index (χ1) is 8.06. The van der Waals surface area contributed by atoms with E-state index >= 15 is 0 Å². The zero-order valence-electron chi connectivity index (χ0n) is 12.8. The average Bonchev–Trinajstić information content (AvgIpc) is 2.28. The summed E-state index contributed by atoms with van der Waals surface area (Å²) in [6, 6.07) is 0. The van der Waals surface area contributed by atoms with E-state index in [1.54, 1.807) is 0 Å². The first kappa shape index (κ1) is 16.7. The molecule has 0 fully saturated rings. The highest BCUT2D eigenvalue weighted by molar-refractivity contribution is 5.02. The molecule has 1 nitrogen and oxygen atoms in total. The number of rotatable bonds is 10. The second-order valence-corrected chi connectivity index (χ2v) is 5.62. The minimum atomic E-state index is 0.248. The molecular formula is C16H33N. The molecule has 1 heteroatoms. The molecule has 0 aromatic rings. The van der Waals surface area contributed by atoms with E-state index in [4.69, 9.17) is 0 Å². The maximum absolute atomic E-state index is 2.34. The van der Waals surface area contributed by atoms with E-state index in [-0.39, 0.29) is 5.54 Å². The smallest absolute Gasteiger partial charge is 0.0356 e. The molecule has 0 radical (unpaired) electrons. The van der Waals surface area contributed by atoms with E-state index in [2.05, 4.69) is 51.9 Å². The van der Waals surface area contributed by atoms with Crippen LogP contribution in [0.2, 0.25) is 0 Å². The fourth-order valence-corrected chi connectivity index (χ4v) is 2.26. The van der Waals surface area contributed by atoms with Crippen LogP contribution in [0.25, 0.3) is 0 Å². The third-order valence-electron chi connectivity index (χ3n) is 3.83. The van der Waals surface area contributed by atoms with Crippen molar-refractivity contribution in [1.29, 1.82) is 0 Å². The second kappa shape index (κ2) is 9.70. The normalized spacial score (nSPS) is 15.6. The summed E-state index contributed by atoms with van der Waals surface area (Å²) in [6.45, 7) is 6.73. The third kappa shape index (κ3) is 7.59. The van der Waals surface area contributed by atoms with Gasteiger partial charge in [0.05, 0.1) is 0 Å². The van der Waals surface area contributed by atoms with Gasteiger partial charge in [-0.25, -0.2) is 0 Å². The molecule has 0 spiro atoms. The SMILES string of the molecule is CC=CC(C)(CCCCCCCCC)N(C)C. The van der Waals surface area contributed by atoms with Crippen LogP contribution in [0.3, 0.4) is 0 Å². The van der Waals surface area contributed by atoms with Gasteiger partial charge in [0.25, 0.3) is 0 Å². The van der Waals surface area contributed by atoms with Crippen molar-refractivity contribution in [3.63, 3.8) is 0 Å². The molecule has 0 heterocycles. The van der Waals surface area contributed by atoms with Crippen LogP contribution in [0.4, 0.5) is 0 Å². The van der Waals surface area contributed by atoms with Crippen LogP contribution in [-0.4, -0.2) is 24.5 Å². The first-order valence-corrected chi connectivity index (χ1v) is 7.38. The minimum absolute atomic E-state index is 0.248. The number of unbranched alkanes of at least 4 members (excludes halogenated alkanes) is 6. The van der Waals surface area contributed by atoms with Crippen LogP contribution in [0, 0.1) is 0 Å². The van der Waals surface area contributed by atoms with E-state index in [0.29, 0.717) is 0 Å². The van der Waals surface area contributed by atoms with Gasteiger partial charge in [0.1, 0.15) is 0 Å². The molecule has 0 saturated heterocycles. The van der Waals surface area contributed by atoms with Crippen molar-refractivity contribution in [3.8, 4) is 0 Å². The van der Waals surface area contributed by atoms with Gasteiger partial charge in [0.15, 0.2) is 0 Å². The van der Waals surface area contributed by atoms with Crippen molar-refractivity contribution in [2.24, 2.45) is 0 Å². The maximum Gasteiger partial charge on any atom is 0.0356 e. The molecule has 17 heavy (non-hydrogen) atoms. The van der Waals surface area contributed by atoms with Gasteiger partial charge in [0.2, 0.25) is 0 Å². The summed E-state index contributed by atoms with van der Waals surface area (Å²) in [5.41, 5.74) is 0.248. The summed E-state index contributed by atoms with van der Waals surface area (Å²) in [7, 11) is 4.36. The number of likely N-dealkylation sites (N-methyl/N-ethyl adjacent to an activating group) is 1. The molecular weight excluding hydrogens is 206 g/mol. The number of allylic oxidation sites excluding steroid dienone is 1. The molecule has 0 rings (SSSR count). The van der Waals surface area contributed by atoms with E-state index in [0.717, 1.165) is 0 Å². The lowest BCUT2D eigenvalue weighted by molar-refractivity contribution is 0.209. The van der Waals surface area contributed by atoms with E-state index in [1.165, 1.54) is 51.4 Å². The molecule has 1 atom stereocenters. The molecule has 0 bridgehead atoms. The molecule has 0 aliphatic rings. The van der Waals surface area contributed by atoms with Crippen molar-refractivity contribution in [3.05, 3.63) is 12.2 Å². The second-order valence-electron chi connectivity index (χ2n) is 5.62. The summed E-state index contributed by atoms with van der Waals surface area (Å²) >= 11 is 0. The van der Waals surface area contributed by atoms with Gasteiger partial charge in [-0.2, -0.15) is 0 Å². The zero-order valence-corrected chi connectivity index (χ0v) is 12.8. The predicted molar refractivity (Wildman–Crippen MR) is 79.5 cm³/mol. The lowest BCUT2D eigenvalue weighted by atomic mass is 9.92. The van der Waals surface area contributed by atoms with E-state index in [1.807, 2.05) is 0 Å². The Morgan fingerprint density at radius 1 is 0.941 bits per heavy atom. The van der Waals surface area contributed by atoms with Crippen molar-refractivity contribution in [2.45, 2.75) is 77.7 Å². The molecule has 1 unspecified atom stereocenters. The van der Waals surface area contributed by atoms with Crippen molar-refractivity contribution in [2.75, 3.05) is 14.1 Å². The lowest BCUT2D eigenvalue weighted by Gasteiger charge is -2.34. The Hall–Kier alpha value is -0.300. The monoisotopic (exact) mass is 239 g/mol. The quantitative estimate of drug-likeness (QED) is 0.382. The Morgan fingerprint density at radius 2 is 1.47 bits per heavy atom. The number of hydrogen-bond donors (Lipinski definition) is 0. The maximum atomic E-state index is 2.34. The highest BCUT2D eigenvalue weighted by Crippen LogP contribution is 2.22. The predicted octanol–water partition coefficient (Wildman–Crippen LogP) is 5.02. The van der Waals surface area contributed by atoms with Gasteiger partial charge in [0, 0.05) is 5.54 Å². The van der Waals surface area contributed by atoms with Gasteiger partial charge in [-0.1, -0.05) is 64.0 Å². The fraction of sp³-hybridized carbons (Fsp3) is 0.875.